The molecule has 0 aliphatic carbocycles. The van der Waals surface area contributed by atoms with E-state index in [1.807, 2.05) is 74.5 Å². The number of nitrogens with zero attached hydrogens (tertiary/aromatic N) is 1. The number of carbonyl (C=O) groups excluding carboxylic acids is 1. The average Bonchev–Trinajstić information content (AvgIpc) is 3.26. The first-order chi connectivity index (χ1) is 14.1. The molecule has 0 aromatic heterocycles. The Morgan fingerprint density at radius 1 is 1.07 bits per heavy atom. The van der Waals surface area contributed by atoms with Gasteiger partial charge in [0.25, 0.3) is 0 Å². The van der Waals surface area contributed by atoms with Gasteiger partial charge in [0, 0.05) is 20.1 Å². The van der Waals surface area contributed by atoms with Gasteiger partial charge in [0.1, 0.15) is 6.04 Å². The molecule has 2 fully saturated rings. The number of hydrogen-bond donors (Lipinski definition) is 0. The van der Waals surface area contributed by atoms with Crippen LogP contribution in [0.25, 0.3) is 0 Å². The maximum Gasteiger partial charge on any atom is 0.411 e. The van der Waals surface area contributed by atoms with Crippen molar-refractivity contribution in [1.82, 2.24) is 4.90 Å². The van der Waals surface area contributed by atoms with E-state index in [0.717, 1.165) is 11.1 Å². The molecule has 2 aliphatic heterocycles. The number of amides is 1. The van der Waals surface area contributed by atoms with Crippen LogP contribution in [0.15, 0.2) is 60.7 Å². The van der Waals surface area contributed by atoms with Gasteiger partial charge in [-0.2, -0.15) is 0 Å². The summed E-state index contributed by atoms with van der Waals surface area (Å²) in [5.74, 6) is -0.979. The predicted octanol–water partition coefficient (Wildman–Crippen LogP) is 4.44. The van der Waals surface area contributed by atoms with E-state index in [2.05, 4.69) is 0 Å². The zero-order valence-electron chi connectivity index (χ0n) is 17.0. The highest BCUT2D eigenvalue weighted by atomic mass is 16.8. The van der Waals surface area contributed by atoms with E-state index in [1.54, 1.807) is 12.0 Å². The van der Waals surface area contributed by atoms with Crippen LogP contribution in [0.5, 0.6) is 0 Å². The number of ether oxygens (including phenoxy) is 4. The highest BCUT2D eigenvalue weighted by Crippen LogP contribution is 2.48. The summed E-state index contributed by atoms with van der Waals surface area (Å²) in [6, 6.07) is 19.2. The van der Waals surface area contributed by atoms with Gasteiger partial charge in [0.05, 0.1) is 6.04 Å². The molecule has 6 nitrogen and oxygen atoms in total. The van der Waals surface area contributed by atoms with Gasteiger partial charge >= 0.3 is 6.09 Å². The van der Waals surface area contributed by atoms with E-state index in [4.69, 9.17) is 18.9 Å². The predicted molar refractivity (Wildman–Crippen MR) is 107 cm³/mol. The third-order valence-corrected chi connectivity index (χ3v) is 5.71. The molecule has 5 atom stereocenters. The summed E-state index contributed by atoms with van der Waals surface area (Å²) < 4.78 is 23.4. The van der Waals surface area contributed by atoms with E-state index >= 15 is 0 Å². The van der Waals surface area contributed by atoms with E-state index in [9.17, 15) is 4.79 Å². The van der Waals surface area contributed by atoms with Crippen molar-refractivity contribution in [3.05, 3.63) is 71.8 Å². The molecule has 0 radical (unpaired) electrons. The van der Waals surface area contributed by atoms with Gasteiger partial charge < -0.3 is 18.9 Å². The van der Waals surface area contributed by atoms with E-state index < -0.39 is 18.2 Å². The van der Waals surface area contributed by atoms with Crippen molar-refractivity contribution >= 4 is 6.09 Å². The van der Waals surface area contributed by atoms with Gasteiger partial charge in [0.15, 0.2) is 18.2 Å². The van der Waals surface area contributed by atoms with Crippen LogP contribution in [0.1, 0.15) is 43.5 Å². The van der Waals surface area contributed by atoms with Crippen LogP contribution in [0.3, 0.4) is 0 Å². The van der Waals surface area contributed by atoms with Gasteiger partial charge in [0.2, 0.25) is 0 Å². The van der Waals surface area contributed by atoms with Crippen LogP contribution < -0.4 is 0 Å². The molecular formula is C23H27NO5. The SMILES string of the molecule is CCO[C@@]1(C)OC(OC)C[C@@H]1N1C(=O)O[C@H](c2ccccc2)[C@@H]1c1ccccc1. The molecule has 4 rings (SSSR count). The second-order valence-electron chi connectivity index (χ2n) is 7.46. The van der Waals surface area contributed by atoms with Crippen molar-refractivity contribution in [3.8, 4) is 0 Å². The van der Waals surface area contributed by atoms with Crippen molar-refractivity contribution in [2.75, 3.05) is 13.7 Å². The standard InChI is InChI=1S/C23H27NO5/c1-4-27-23(2)18(15-19(26-3)29-23)24-20(16-11-7-5-8-12-16)21(28-22(24)25)17-13-9-6-10-14-17/h5-14,18-21H,4,15H2,1-3H3/t18-,19?,20-,21+,23-/m0/s1. The Bertz CT molecular complexity index is 830. The first-order valence-corrected chi connectivity index (χ1v) is 10.0. The van der Waals surface area contributed by atoms with Crippen LogP contribution in [0.4, 0.5) is 4.79 Å². The highest BCUT2D eigenvalue weighted by molar-refractivity contribution is 5.72. The number of methoxy groups -OCH3 is 1. The van der Waals surface area contributed by atoms with Gasteiger partial charge in [-0.1, -0.05) is 60.7 Å². The summed E-state index contributed by atoms with van der Waals surface area (Å²) in [5.41, 5.74) is 1.96. The molecule has 29 heavy (non-hydrogen) atoms. The summed E-state index contributed by atoms with van der Waals surface area (Å²) in [6.07, 6.45) is -0.730. The topological polar surface area (TPSA) is 57.2 Å². The van der Waals surface area contributed by atoms with Crippen LogP contribution in [0, 0.1) is 0 Å². The molecule has 6 heteroatoms. The summed E-state index contributed by atoms with van der Waals surface area (Å²) >= 11 is 0. The van der Waals surface area contributed by atoms with Gasteiger partial charge in [-0.15, -0.1) is 0 Å². The molecule has 2 aliphatic rings. The van der Waals surface area contributed by atoms with Crippen molar-refractivity contribution < 1.29 is 23.7 Å². The minimum absolute atomic E-state index is 0.296. The summed E-state index contributed by atoms with van der Waals surface area (Å²) in [7, 11) is 1.60. The Morgan fingerprint density at radius 2 is 1.69 bits per heavy atom. The molecule has 1 amide bonds. The Labute approximate surface area is 171 Å². The van der Waals surface area contributed by atoms with Crippen LogP contribution in [0.2, 0.25) is 0 Å². The van der Waals surface area contributed by atoms with Crippen molar-refractivity contribution in [3.63, 3.8) is 0 Å². The fourth-order valence-corrected chi connectivity index (χ4v) is 4.40. The lowest BCUT2D eigenvalue weighted by Gasteiger charge is -2.37. The van der Waals surface area contributed by atoms with Crippen molar-refractivity contribution in [2.45, 2.75) is 50.5 Å². The van der Waals surface area contributed by atoms with Crippen molar-refractivity contribution in [1.29, 1.82) is 0 Å². The Balaban J connectivity index is 1.77. The molecule has 2 heterocycles. The maximum atomic E-state index is 13.2. The first kappa shape index (κ1) is 19.9. The zero-order valence-corrected chi connectivity index (χ0v) is 17.0. The third kappa shape index (κ3) is 3.64. The number of cyclic esters (lactones) is 1. The first-order valence-electron chi connectivity index (χ1n) is 10.0. The second kappa shape index (κ2) is 8.14. The van der Waals surface area contributed by atoms with Gasteiger partial charge in [-0.05, 0) is 25.0 Å². The summed E-state index contributed by atoms with van der Waals surface area (Å²) in [6.45, 7) is 4.24. The van der Waals surface area contributed by atoms with Crippen LogP contribution in [-0.4, -0.2) is 42.8 Å². The largest absolute Gasteiger partial charge is 0.439 e. The molecule has 0 saturated carbocycles. The van der Waals surface area contributed by atoms with Crippen molar-refractivity contribution in [2.24, 2.45) is 0 Å². The number of carbonyl (C=O) groups is 1. The molecule has 0 spiro atoms. The number of benzene rings is 2. The van der Waals surface area contributed by atoms with E-state index in [0.29, 0.717) is 13.0 Å². The lowest BCUT2D eigenvalue weighted by molar-refractivity contribution is -0.266. The normalized spacial score (nSPS) is 31.8. The molecule has 1 unspecified atom stereocenters. The lowest BCUT2D eigenvalue weighted by atomic mass is 9.93. The number of hydrogen-bond acceptors (Lipinski definition) is 5. The Morgan fingerprint density at radius 3 is 2.28 bits per heavy atom. The minimum Gasteiger partial charge on any atom is -0.439 e. The fourth-order valence-electron chi connectivity index (χ4n) is 4.40. The number of rotatable bonds is 6. The maximum absolute atomic E-state index is 13.2. The summed E-state index contributed by atoms with van der Waals surface area (Å²) in [4.78, 5) is 14.9. The third-order valence-electron chi connectivity index (χ3n) is 5.71. The molecule has 154 valence electrons. The van der Waals surface area contributed by atoms with Crippen LogP contribution >= 0.6 is 0 Å². The highest BCUT2D eigenvalue weighted by Gasteiger charge is 2.57. The Hall–Kier alpha value is -2.41. The fraction of sp³-hybridized carbons (Fsp3) is 0.435. The molecule has 2 aromatic rings. The average molecular weight is 397 g/mol. The van der Waals surface area contributed by atoms with E-state index in [-0.39, 0.29) is 18.2 Å². The lowest BCUT2D eigenvalue weighted by Crippen LogP contribution is -2.51. The smallest absolute Gasteiger partial charge is 0.411 e. The van der Waals surface area contributed by atoms with Crippen LogP contribution in [-0.2, 0) is 18.9 Å². The molecular weight excluding hydrogens is 370 g/mol. The minimum atomic E-state index is -0.979. The molecule has 2 saturated heterocycles. The summed E-state index contributed by atoms with van der Waals surface area (Å²) in [5, 5.41) is 0. The molecule has 2 aromatic carbocycles. The van der Waals surface area contributed by atoms with Gasteiger partial charge in [-0.3, -0.25) is 4.90 Å². The van der Waals surface area contributed by atoms with E-state index in [1.165, 1.54) is 0 Å². The zero-order chi connectivity index (χ0) is 20.4. The van der Waals surface area contributed by atoms with Gasteiger partial charge in [-0.25, -0.2) is 4.79 Å². The second-order valence-corrected chi connectivity index (χ2v) is 7.46. The Kier molecular flexibility index (Phi) is 5.58. The molecule has 0 N–H and O–H groups in total. The quantitative estimate of drug-likeness (QED) is 0.721. The monoisotopic (exact) mass is 397 g/mol. The molecule has 0 bridgehead atoms.